The van der Waals surface area contributed by atoms with Gasteiger partial charge in [0.15, 0.2) is 5.69 Å². The van der Waals surface area contributed by atoms with E-state index in [1.54, 1.807) is 20.2 Å². The number of rotatable bonds is 4. The summed E-state index contributed by atoms with van der Waals surface area (Å²) in [7, 11) is 3.41. The minimum Gasteiger partial charge on any atom is -0.365 e. The molecule has 0 saturated carbocycles. The molecule has 1 N–H and O–H groups in total. The van der Waals surface area contributed by atoms with E-state index in [0.29, 0.717) is 11.7 Å². The molecule has 1 aromatic rings. The summed E-state index contributed by atoms with van der Waals surface area (Å²) in [6, 6.07) is 3.96. The number of likely N-dealkylation sites (N-methyl/N-ethyl adjacent to an activating group) is 1. The molecule has 0 bridgehead atoms. The van der Waals surface area contributed by atoms with Gasteiger partial charge in [-0.1, -0.05) is 6.92 Å². The number of carbonyl (C=O) groups excluding carboxylic acids is 1. The molecular formula is C14H23N5O. The van der Waals surface area contributed by atoms with E-state index in [4.69, 9.17) is 0 Å². The van der Waals surface area contributed by atoms with Crippen LogP contribution in [0, 0.1) is 0 Å². The van der Waals surface area contributed by atoms with Gasteiger partial charge in [0.2, 0.25) is 0 Å². The van der Waals surface area contributed by atoms with Crippen molar-refractivity contribution in [2.45, 2.75) is 25.8 Å². The van der Waals surface area contributed by atoms with Gasteiger partial charge in [-0.25, -0.2) is 0 Å². The van der Waals surface area contributed by atoms with Crippen molar-refractivity contribution in [2.24, 2.45) is 0 Å². The fraction of sp³-hybridized carbons (Fsp3) is 0.643. The zero-order chi connectivity index (χ0) is 14.5. The largest absolute Gasteiger partial charge is 0.365 e. The van der Waals surface area contributed by atoms with Gasteiger partial charge in [-0.3, -0.25) is 4.79 Å². The molecule has 1 aliphatic rings. The zero-order valence-electron chi connectivity index (χ0n) is 12.5. The van der Waals surface area contributed by atoms with Crippen LogP contribution in [-0.2, 0) is 0 Å². The molecule has 2 rings (SSSR count). The highest BCUT2D eigenvalue weighted by molar-refractivity contribution is 5.91. The first-order valence-electron chi connectivity index (χ1n) is 7.14. The quantitative estimate of drug-likeness (QED) is 0.892. The topological polar surface area (TPSA) is 61.4 Å². The first kappa shape index (κ1) is 14.7. The summed E-state index contributed by atoms with van der Waals surface area (Å²) in [6.07, 6.45) is 2.35. The van der Waals surface area contributed by atoms with Gasteiger partial charge in [-0.05, 0) is 38.1 Å². The molecule has 1 atom stereocenters. The number of hydrogen-bond donors (Lipinski definition) is 1. The Morgan fingerprint density at radius 1 is 1.45 bits per heavy atom. The lowest BCUT2D eigenvalue weighted by Gasteiger charge is -2.32. The number of amides is 1. The molecule has 0 spiro atoms. The fourth-order valence-corrected chi connectivity index (χ4v) is 2.42. The molecule has 110 valence electrons. The van der Waals surface area contributed by atoms with Gasteiger partial charge in [0.05, 0.1) is 0 Å². The second-order valence-corrected chi connectivity index (χ2v) is 5.38. The third kappa shape index (κ3) is 3.66. The molecule has 1 fully saturated rings. The lowest BCUT2D eigenvalue weighted by atomic mass is 10.1. The van der Waals surface area contributed by atoms with Gasteiger partial charge < -0.3 is 15.1 Å². The summed E-state index contributed by atoms with van der Waals surface area (Å²) in [5.74, 6) is 0.613. The van der Waals surface area contributed by atoms with Crippen molar-refractivity contribution in [3.05, 3.63) is 17.8 Å². The standard InChI is InChI=1S/C14H23N5O/c1-4-19-9-5-6-11(10-19)15-13-8-7-12(16-17-13)14(20)18(2)3/h7-8,11H,4-6,9-10H2,1-3H3,(H,15,17). The van der Waals surface area contributed by atoms with E-state index < -0.39 is 0 Å². The van der Waals surface area contributed by atoms with Crippen molar-refractivity contribution < 1.29 is 4.79 Å². The van der Waals surface area contributed by atoms with Crippen molar-refractivity contribution >= 4 is 11.7 Å². The summed E-state index contributed by atoms with van der Waals surface area (Å²) in [6.45, 7) is 5.48. The van der Waals surface area contributed by atoms with Crippen molar-refractivity contribution in [3.8, 4) is 0 Å². The Morgan fingerprint density at radius 3 is 2.85 bits per heavy atom. The van der Waals surface area contributed by atoms with Crippen LogP contribution in [0.4, 0.5) is 5.82 Å². The second-order valence-electron chi connectivity index (χ2n) is 5.38. The van der Waals surface area contributed by atoms with Gasteiger partial charge in [0, 0.05) is 26.7 Å². The molecule has 6 nitrogen and oxygen atoms in total. The van der Waals surface area contributed by atoms with Gasteiger partial charge >= 0.3 is 0 Å². The van der Waals surface area contributed by atoms with Crippen molar-refractivity contribution in [2.75, 3.05) is 39.0 Å². The smallest absolute Gasteiger partial charge is 0.273 e. The van der Waals surface area contributed by atoms with Crippen molar-refractivity contribution in [1.82, 2.24) is 20.0 Å². The van der Waals surface area contributed by atoms with Crippen LogP contribution in [-0.4, -0.2) is 65.7 Å². The minimum absolute atomic E-state index is 0.126. The van der Waals surface area contributed by atoms with E-state index in [9.17, 15) is 4.79 Å². The van der Waals surface area contributed by atoms with Crippen LogP contribution >= 0.6 is 0 Å². The number of carbonyl (C=O) groups is 1. The molecule has 6 heteroatoms. The maximum atomic E-state index is 11.7. The predicted molar refractivity (Wildman–Crippen MR) is 78.8 cm³/mol. The zero-order valence-corrected chi connectivity index (χ0v) is 12.5. The molecule has 0 radical (unpaired) electrons. The summed E-state index contributed by atoms with van der Waals surface area (Å²) in [5, 5.41) is 11.5. The van der Waals surface area contributed by atoms with Gasteiger partial charge in [-0.15, -0.1) is 10.2 Å². The third-order valence-corrected chi connectivity index (χ3v) is 3.59. The Morgan fingerprint density at radius 2 is 2.25 bits per heavy atom. The highest BCUT2D eigenvalue weighted by Gasteiger charge is 2.19. The Kier molecular flexibility index (Phi) is 4.89. The lowest BCUT2D eigenvalue weighted by molar-refractivity contribution is 0.0821. The van der Waals surface area contributed by atoms with E-state index in [0.717, 1.165) is 25.3 Å². The maximum Gasteiger partial charge on any atom is 0.273 e. The number of anilines is 1. The minimum atomic E-state index is -0.126. The Labute approximate surface area is 120 Å². The van der Waals surface area contributed by atoms with Crippen molar-refractivity contribution in [1.29, 1.82) is 0 Å². The van der Waals surface area contributed by atoms with E-state index in [1.165, 1.54) is 17.9 Å². The SMILES string of the molecule is CCN1CCCC(Nc2ccc(C(=O)N(C)C)nn2)C1. The van der Waals surface area contributed by atoms with E-state index in [2.05, 4.69) is 27.3 Å². The van der Waals surface area contributed by atoms with E-state index >= 15 is 0 Å². The van der Waals surface area contributed by atoms with Crippen LogP contribution in [0.3, 0.4) is 0 Å². The monoisotopic (exact) mass is 277 g/mol. The first-order valence-corrected chi connectivity index (χ1v) is 7.14. The van der Waals surface area contributed by atoms with Crippen LogP contribution < -0.4 is 5.32 Å². The number of likely N-dealkylation sites (tertiary alicyclic amines) is 1. The number of hydrogen-bond acceptors (Lipinski definition) is 5. The normalized spacial score (nSPS) is 19.6. The average Bonchev–Trinajstić information content (AvgIpc) is 2.47. The van der Waals surface area contributed by atoms with Crippen LogP contribution in [0.25, 0.3) is 0 Å². The summed E-state index contributed by atoms with van der Waals surface area (Å²) in [4.78, 5) is 15.7. The molecule has 1 amide bonds. The fourth-order valence-electron chi connectivity index (χ4n) is 2.42. The van der Waals surface area contributed by atoms with Gasteiger partial charge in [0.25, 0.3) is 5.91 Å². The lowest BCUT2D eigenvalue weighted by Crippen LogP contribution is -2.42. The molecule has 20 heavy (non-hydrogen) atoms. The molecule has 0 aromatic carbocycles. The van der Waals surface area contributed by atoms with Crippen molar-refractivity contribution in [3.63, 3.8) is 0 Å². The van der Waals surface area contributed by atoms with Crippen LogP contribution in [0.1, 0.15) is 30.3 Å². The Balaban J connectivity index is 1.95. The maximum absolute atomic E-state index is 11.7. The molecule has 0 aliphatic carbocycles. The number of nitrogens with zero attached hydrogens (tertiary/aromatic N) is 4. The molecule has 1 saturated heterocycles. The van der Waals surface area contributed by atoms with Crippen LogP contribution in [0.15, 0.2) is 12.1 Å². The highest BCUT2D eigenvalue weighted by atomic mass is 16.2. The summed E-state index contributed by atoms with van der Waals surface area (Å²) >= 11 is 0. The molecule has 2 heterocycles. The molecule has 1 aromatic heterocycles. The molecule has 1 aliphatic heterocycles. The average molecular weight is 277 g/mol. The van der Waals surface area contributed by atoms with E-state index in [1.807, 2.05) is 6.07 Å². The second kappa shape index (κ2) is 6.65. The van der Waals surface area contributed by atoms with E-state index in [-0.39, 0.29) is 5.91 Å². The van der Waals surface area contributed by atoms with Gasteiger partial charge in [0.1, 0.15) is 5.82 Å². The Bertz CT molecular complexity index is 445. The highest BCUT2D eigenvalue weighted by Crippen LogP contribution is 2.14. The Hall–Kier alpha value is -1.69. The first-order chi connectivity index (χ1) is 9.60. The summed E-state index contributed by atoms with van der Waals surface area (Å²) < 4.78 is 0. The molecule has 1 unspecified atom stereocenters. The number of nitrogens with one attached hydrogen (secondary N) is 1. The van der Waals surface area contributed by atoms with Crippen LogP contribution in [0.2, 0.25) is 0 Å². The summed E-state index contributed by atoms with van der Waals surface area (Å²) in [5.41, 5.74) is 0.374. The number of piperidine rings is 1. The number of aromatic nitrogens is 2. The van der Waals surface area contributed by atoms with Crippen LogP contribution in [0.5, 0.6) is 0 Å². The third-order valence-electron chi connectivity index (χ3n) is 3.59. The van der Waals surface area contributed by atoms with Gasteiger partial charge in [-0.2, -0.15) is 0 Å². The predicted octanol–water partition coefficient (Wildman–Crippen LogP) is 1.07. The molecular weight excluding hydrogens is 254 g/mol.